The van der Waals surface area contributed by atoms with Crippen molar-refractivity contribution in [1.29, 1.82) is 0 Å². The SMILES string of the molecule is CC(=O)N[C@@H]1CCCN(C(=O)c2oc3ccccc3c2C)C1. The van der Waals surface area contributed by atoms with Crippen LogP contribution >= 0.6 is 0 Å². The number of carbonyl (C=O) groups excluding carboxylic acids is 2. The zero-order valence-electron chi connectivity index (χ0n) is 12.9. The highest BCUT2D eigenvalue weighted by molar-refractivity contribution is 5.99. The van der Waals surface area contributed by atoms with Crippen molar-refractivity contribution >= 4 is 22.8 Å². The van der Waals surface area contributed by atoms with E-state index in [0.717, 1.165) is 29.4 Å². The molecule has 1 aliphatic heterocycles. The van der Waals surface area contributed by atoms with Gasteiger partial charge < -0.3 is 14.6 Å². The molecular weight excluding hydrogens is 280 g/mol. The minimum atomic E-state index is -0.0937. The van der Waals surface area contributed by atoms with Crippen molar-refractivity contribution < 1.29 is 14.0 Å². The van der Waals surface area contributed by atoms with E-state index >= 15 is 0 Å². The second kappa shape index (κ2) is 5.83. The first-order valence-corrected chi connectivity index (χ1v) is 7.61. The minimum absolute atomic E-state index is 0.0277. The lowest BCUT2D eigenvalue weighted by Gasteiger charge is -2.32. The summed E-state index contributed by atoms with van der Waals surface area (Å²) < 4.78 is 5.75. The summed E-state index contributed by atoms with van der Waals surface area (Å²) in [5.74, 6) is 0.257. The third-order valence-corrected chi connectivity index (χ3v) is 4.15. The molecule has 0 radical (unpaired) electrons. The molecule has 22 heavy (non-hydrogen) atoms. The summed E-state index contributed by atoms with van der Waals surface area (Å²) in [6.45, 7) is 4.65. The molecule has 1 N–H and O–H groups in total. The van der Waals surface area contributed by atoms with Gasteiger partial charge in [-0.15, -0.1) is 0 Å². The molecule has 0 saturated carbocycles. The number of para-hydroxylation sites is 1. The topological polar surface area (TPSA) is 62.6 Å². The number of furan rings is 1. The standard InChI is InChI=1S/C17H20N2O3/c1-11-14-7-3-4-8-15(14)22-16(11)17(21)19-9-5-6-13(10-19)18-12(2)20/h3-4,7-8,13H,5-6,9-10H2,1-2H3,(H,18,20)/t13-/m1/s1. The highest BCUT2D eigenvalue weighted by Crippen LogP contribution is 2.26. The van der Waals surface area contributed by atoms with Crippen LogP contribution in [0.2, 0.25) is 0 Å². The maximum absolute atomic E-state index is 12.7. The van der Waals surface area contributed by atoms with Crippen molar-refractivity contribution in [3.05, 3.63) is 35.6 Å². The Bertz CT molecular complexity index is 720. The lowest BCUT2D eigenvalue weighted by atomic mass is 10.0. The van der Waals surface area contributed by atoms with Gasteiger partial charge in [0.2, 0.25) is 5.91 Å². The minimum Gasteiger partial charge on any atom is -0.451 e. The Morgan fingerprint density at radius 1 is 1.32 bits per heavy atom. The Morgan fingerprint density at radius 2 is 2.09 bits per heavy atom. The largest absolute Gasteiger partial charge is 0.451 e. The number of hydrogen-bond donors (Lipinski definition) is 1. The van der Waals surface area contributed by atoms with E-state index in [1.165, 1.54) is 6.92 Å². The monoisotopic (exact) mass is 300 g/mol. The molecule has 1 aromatic heterocycles. The first kappa shape index (κ1) is 14.6. The highest BCUT2D eigenvalue weighted by Gasteiger charge is 2.28. The number of aryl methyl sites for hydroxylation is 1. The van der Waals surface area contributed by atoms with Crippen LogP contribution in [0.3, 0.4) is 0 Å². The fourth-order valence-electron chi connectivity index (χ4n) is 3.09. The van der Waals surface area contributed by atoms with Gasteiger partial charge in [0, 0.05) is 37.0 Å². The predicted molar refractivity (Wildman–Crippen MR) is 83.7 cm³/mol. The number of benzene rings is 1. The van der Waals surface area contributed by atoms with Crippen LogP contribution in [0.1, 0.15) is 35.9 Å². The first-order chi connectivity index (χ1) is 10.6. The van der Waals surface area contributed by atoms with E-state index in [1.54, 1.807) is 4.90 Å². The molecule has 5 heteroatoms. The molecule has 1 aromatic carbocycles. The van der Waals surface area contributed by atoms with E-state index < -0.39 is 0 Å². The number of piperidine rings is 1. The molecule has 3 rings (SSSR count). The van der Waals surface area contributed by atoms with Crippen molar-refractivity contribution in [3.8, 4) is 0 Å². The number of fused-ring (bicyclic) bond motifs is 1. The molecule has 116 valence electrons. The molecule has 1 saturated heterocycles. The van der Waals surface area contributed by atoms with E-state index in [9.17, 15) is 9.59 Å². The summed E-state index contributed by atoms with van der Waals surface area (Å²) >= 11 is 0. The number of amides is 2. The van der Waals surface area contributed by atoms with Gasteiger partial charge in [-0.25, -0.2) is 0 Å². The van der Waals surface area contributed by atoms with Crippen molar-refractivity contribution in [2.75, 3.05) is 13.1 Å². The van der Waals surface area contributed by atoms with Crippen LogP contribution in [0, 0.1) is 6.92 Å². The third-order valence-electron chi connectivity index (χ3n) is 4.15. The lowest BCUT2D eigenvalue weighted by Crippen LogP contribution is -2.49. The number of nitrogens with one attached hydrogen (secondary N) is 1. The molecule has 0 spiro atoms. The van der Waals surface area contributed by atoms with E-state index in [2.05, 4.69) is 5.32 Å². The fraction of sp³-hybridized carbons (Fsp3) is 0.412. The van der Waals surface area contributed by atoms with Crippen LogP contribution in [-0.4, -0.2) is 35.8 Å². The molecule has 0 bridgehead atoms. The molecule has 2 amide bonds. The Kier molecular flexibility index (Phi) is 3.88. The predicted octanol–water partition coefficient (Wildman–Crippen LogP) is 2.48. The maximum Gasteiger partial charge on any atom is 0.289 e. The van der Waals surface area contributed by atoms with Gasteiger partial charge in [0.05, 0.1) is 0 Å². The molecule has 1 fully saturated rings. The highest BCUT2D eigenvalue weighted by atomic mass is 16.3. The van der Waals surface area contributed by atoms with Gasteiger partial charge >= 0.3 is 0 Å². The molecule has 2 aromatic rings. The molecule has 2 heterocycles. The summed E-state index contributed by atoms with van der Waals surface area (Å²) in [6.07, 6.45) is 1.79. The van der Waals surface area contributed by atoms with E-state index in [0.29, 0.717) is 18.8 Å². The van der Waals surface area contributed by atoms with E-state index in [-0.39, 0.29) is 17.9 Å². The maximum atomic E-state index is 12.7. The van der Waals surface area contributed by atoms with Crippen LogP contribution in [0.5, 0.6) is 0 Å². The molecule has 5 nitrogen and oxygen atoms in total. The van der Waals surface area contributed by atoms with Crippen molar-refractivity contribution in [3.63, 3.8) is 0 Å². The van der Waals surface area contributed by atoms with Crippen molar-refractivity contribution in [1.82, 2.24) is 10.2 Å². The average molecular weight is 300 g/mol. The van der Waals surface area contributed by atoms with Gasteiger partial charge in [-0.2, -0.15) is 0 Å². The first-order valence-electron chi connectivity index (χ1n) is 7.61. The van der Waals surface area contributed by atoms with Gasteiger partial charge in [-0.1, -0.05) is 18.2 Å². The summed E-state index contributed by atoms with van der Waals surface area (Å²) in [5.41, 5.74) is 1.61. The molecule has 1 aliphatic rings. The summed E-state index contributed by atoms with van der Waals surface area (Å²) in [4.78, 5) is 25.7. The molecule has 1 atom stereocenters. The quantitative estimate of drug-likeness (QED) is 0.927. The van der Waals surface area contributed by atoms with Gasteiger partial charge in [0.25, 0.3) is 5.91 Å². The van der Waals surface area contributed by atoms with Crippen molar-refractivity contribution in [2.24, 2.45) is 0 Å². The second-order valence-corrected chi connectivity index (χ2v) is 5.84. The molecular formula is C17H20N2O3. The summed E-state index contributed by atoms with van der Waals surface area (Å²) in [7, 11) is 0. The number of rotatable bonds is 2. The molecule has 0 unspecified atom stereocenters. The Labute approximate surface area is 129 Å². The number of carbonyl (C=O) groups is 2. The Morgan fingerprint density at radius 3 is 2.82 bits per heavy atom. The van der Waals surface area contributed by atoms with E-state index in [4.69, 9.17) is 4.42 Å². The summed E-state index contributed by atoms with van der Waals surface area (Å²) in [6, 6.07) is 7.69. The number of likely N-dealkylation sites (tertiary alicyclic amines) is 1. The summed E-state index contributed by atoms with van der Waals surface area (Å²) in [5, 5.41) is 3.87. The van der Waals surface area contributed by atoms with Crippen LogP contribution in [0.4, 0.5) is 0 Å². The lowest BCUT2D eigenvalue weighted by molar-refractivity contribution is -0.120. The zero-order valence-corrected chi connectivity index (χ0v) is 12.9. The van der Waals surface area contributed by atoms with Gasteiger partial charge in [0.1, 0.15) is 5.58 Å². The average Bonchev–Trinajstić information content (AvgIpc) is 2.84. The van der Waals surface area contributed by atoms with Gasteiger partial charge in [0.15, 0.2) is 5.76 Å². The van der Waals surface area contributed by atoms with Crippen LogP contribution in [0.15, 0.2) is 28.7 Å². The molecule has 0 aliphatic carbocycles. The zero-order chi connectivity index (χ0) is 15.7. The van der Waals surface area contributed by atoms with Gasteiger partial charge in [-0.3, -0.25) is 9.59 Å². The van der Waals surface area contributed by atoms with E-state index in [1.807, 2.05) is 31.2 Å². The van der Waals surface area contributed by atoms with Crippen LogP contribution < -0.4 is 5.32 Å². The van der Waals surface area contributed by atoms with Crippen LogP contribution in [-0.2, 0) is 4.79 Å². The number of hydrogen-bond acceptors (Lipinski definition) is 3. The normalized spacial score (nSPS) is 18.5. The number of nitrogens with zero attached hydrogens (tertiary/aromatic N) is 1. The third kappa shape index (κ3) is 2.71. The van der Waals surface area contributed by atoms with Crippen molar-refractivity contribution in [2.45, 2.75) is 32.7 Å². The Hall–Kier alpha value is -2.30. The Balaban J connectivity index is 1.83. The smallest absolute Gasteiger partial charge is 0.289 e. The van der Waals surface area contributed by atoms with Crippen LogP contribution in [0.25, 0.3) is 11.0 Å². The van der Waals surface area contributed by atoms with Gasteiger partial charge in [-0.05, 0) is 25.8 Å². The second-order valence-electron chi connectivity index (χ2n) is 5.84. The fourth-order valence-corrected chi connectivity index (χ4v) is 3.09.